The zero-order chi connectivity index (χ0) is 13.2. The molecule has 2 rings (SSSR count). The number of nitrogens with zero attached hydrogens (tertiary/aromatic N) is 1. The molecule has 18 heavy (non-hydrogen) atoms. The maximum atomic E-state index is 12.2. The maximum absolute atomic E-state index is 12.2. The van der Waals surface area contributed by atoms with Crippen LogP contribution >= 0.6 is 0 Å². The second kappa shape index (κ2) is 4.81. The molecule has 0 spiro atoms. The van der Waals surface area contributed by atoms with Crippen LogP contribution in [-0.4, -0.2) is 5.91 Å². The van der Waals surface area contributed by atoms with Gasteiger partial charge in [0.05, 0.1) is 6.07 Å². The average molecular weight is 242 g/mol. The van der Waals surface area contributed by atoms with Gasteiger partial charge in [-0.2, -0.15) is 5.26 Å². The van der Waals surface area contributed by atoms with Gasteiger partial charge in [-0.05, 0) is 49.9 Å². The number of hydrogen-bond acceptors (Lipinski definition) is 2. The van der Waals surface area contributed by atoms with E-state index in [0.29, 0.717) is 12.8 Å². The molecule has 1 aromatic rings. The van der Waals surface area contributed by atoms with Gasteiger partial charge in [-0.3, -0.25) is 4.79 Å². The number of carbonyl (C=O) groups is 1. The van der Waals surface area contributed by atoms with Gasteiger partial charge in [-0.1, -0.05) is 18.9 Å². The third-order valence-electron chi connectivity index (χ3n) is 3.87. The van der Waals surface area contributed by atoms with E-state index in [1.807, 2.05) is 32.0 Å². The van der Waals surface area contributed by atoms with Crippen molar-refractivity contribution in [1.29, 1.82) is 5.26 Å². The Balaban J connectivity index is 2.16. The highest BCUT2D eigenvalue weighted by atomic mass is 16.2. The smallest absolute Gasteiger partial charge is 0.244 e. The number of aryl methyl sites for hydroxylation is 2. The minimum absolute atomic E-state index is 0.147. The third-order valence-corrected chi connectivity index (χ3v) is 3.87. The predicted octanol–water partition coefficient (Wildman–Crippen LogP) is 3.33. The molecule has 0 radical (unpaired) electrons. The van der Waals surface area contributed by atoms with E-state index in [0.717, 1.165) is 24.1 Å². The van der Waals surface area contributed by atoms with E-state index in [1.165, 1.54) is 5.56 Å². The van der Waals surface area contributed by atoms with Crippen LogP contribution in [0.25, 0.3) is 0 Å². The molecule has 1 saturated carbocycles. The van der Waals surface area contributed by atoms with Crippen LogP contribution < -0.4 is 5.32 Å². The summed E-state index contributed by atoms with van der Waals surface area (Å²) < 4.78 is 0. The van der Waals surface area contributed by atoms with E-state index in [-0.39, 0.29) is 5.91 Å². The molecular formula is C15H18N2O. The molecule has 0 heterocycles. The van der Waals surface area contributed by atoms with Crippen molar-refractivity contribution in [2.75, 3.05) is 5.32 Å². The highest BCUT2D eigenvalue weighted by molar-refractivity contribution is 5.97. The molecule has 0 bridgehead atoms. The summed E-state index contributed by atoms with van der Waals surface area (Å²) in [6, 6.07) is 8.04. The summed E-state index contributed by atoms with van der Waals surface area (Å²) in [5, 5.41) is 12.1. The summed E-state index contributed by atoms with van der Waals surface area (Å²) in [5.41, 5.74) is 2.32. The van der Waals surface area contributed by atoms with Gasteiger partial charge in [0.2, 0.25) is 5.91 Å². The van der Waals surface area contributed by atoms with Gasteiger partial charge in [0.1, 0.15) is 5.41 Å². The number of anilines is 1. The van der Waals surface area contributed by atoms with Crippen molar-refractivity contribution in [3.05, 3.63) is 29.3 Å². The number of rotatable bonds is 2. The van der Waals surface area contributed by atoms with Gasteiger partial charge in [0.25, 0.3) is 0 Å². The fourth-order valence-corrected chi connectivity index (χ4v) is 2.44. The Morgan fingerprint density at radius 2 is 1.94 bits per heavy atom. The molecule has 1 fully saturated rings. The average Bonchev–Trinajstić information content (AvgIpc) is 2.84. The summed E-state index contributed by atoms with van der Waals surface area (Å²) in [5.74, 6) is -0.147. The van der Waals surface area contributed by atoms with Crippen molar-refractivity contribution in [2.24, 2.45) is 5.41 Å². The molecule has 3 heteroatoms. The van der Waals surface area contributed by atoms with Crippen LogP contribution in [0.3, 0.4) is 0 Å². The van der Waals surface area contributed by atoms with Crippen LogP contribution in [-0.2, 0) is 4.79 Å². The molecule has 3 nitrogen and oxygen atoms in total. The standard InChI is InChI=1S/C15H18N2O/c1-11-5-6-13(9-12(11)2)17-14(18)15(10-16)7-3-4-8-15/h5-6,9H,3-4,7-8H2,1-2H3,(H,17,18). The Bertz CT molecular complexity index is 508. The molecule has 0 unspecified atom stereocenters. The van der Waals surface area contributed by atoms with Gasteiger partial charge in [0, 0.05) is 5.69 Å². The summed E-state index contributed by atoms with van der Waals surface area (Å²) >= 11 is 0. The van der Waals surface area contributed by atoms with Crippen LogP contribution in [0.15, 0.2) is 18.2 Å². The first-order chi connectivity index (χ1) is 8.57. The second-order valence-corrected chi connectivity index (χ2v) is 5.15. The van der Waals surface area contributed by atoms with Crippen LogP contribution in [0.4, 0.5) is 5.69 Å². The molecule has 1 N–H and O–H groups in total. The zero-order valence-electron chi connectivity index (χ0n) is 10.9. The summed E-state index contributed by atoms with van der Waals surface area (Å²) in [6.07, 6.45) is 3.29. The van der Waals surface area contributed by atoms with Gasteiger partial charge in [0.15, 0.2) is 0 Å². The van der Waals surface area contributed by atoms with Crippen LogP contribution in [0.2, 0.25) is 0 Å². The number of nitrogens with one attached hydrogen (secondary N) is 1. The second-order valence-electron chi connectivity index (χ2n) is 5.15. The summed E-state index contributed by atoms with van der Waals surface area (Å²) in [6.45, 7) is 4.05. The first kappa shape index (κ1) is 12.6. The lowest BCUT2D eigenvalue weighted by Crippen LogP contribution is -2.32. The van der Waals surface area contributed by atoms with Crippen LogP contribution in [0.1, 0.15) is 36.8 Å². The fourth-order valence-electron chi connectivity index (χ4n) is 2.44. The Kier molecular flexibility index (Phi) is 3.38. The number of benzene rings is 1. The Labute approximate surface area is 108 Å². The van der Waals surface area contributed by atoms with E-state index in [2.05, 4.69) is 11.4 Å². The molecule has 1 aliphatic carbocycles. The summed E-state index contributed by atoms with van der Waals surface area (Å²) in [7, 11) is 0. The highest BCUT2D eigenvalue weighted by Crippen LogP contribution is 2.38. The number of nitriles is 1. The molecule has 0 atom stereocenters. The van der Waals surface area contributed by atoms with E-state index in [9.17, 15) is 10.1 Å². The number of hydrogen-bond donors (Lipinski definition) is 1. The van der Waals surface area contributed by atoms with Crippen molar-refractivity contribution < 1.29 is 4.79 Å². The number of amides is 1. The molecule has 1 aliphatic rings. The van der Waals surface area contributed by atoms with E-state index < -0.39 is 5.41 Å². The Hall–Kier alpha value is -1.82. The predicted molar refractivity (Wildman–Crippen MR) is 71.1 cm³/mol. The van der Waals surface area contributed by atoms with Gasteiger partial charge >= 0.3 is 0 Å². The van der Waals surface area contributed by atoms with Gasteiger partial charge in [-0.25, -0.2) is 0 Å². The van der Waals surface area contributed by atoms with Crippen molar-refractivity contribution in [3.63, 3.8) is 0 Å². The largest absolute Gasteiger partial charge is 0.325 e. The van der Waals surface area contributed by atoms with Crippen molar-refractivity contribution in [3.8, 4) is 6.07 Å². The monoisotopic (exact) mass is 242 g/mol. The molecular weight excluding hydrogens is 224 g/mol. The maximum Gasteiger partial charge on any atom is 0.244 e. The SMILES string of the molecule is Cc1ccc(NC(=O)C2(C#N)CCCC2)cc1C. The Morgan fingerprint density at radius 3 is 2.50 bits per heavy atom. The lowest BCUT2D eigenvalue weighted by molar-refractivity contribution is -0.122. The van der Waals surface area contributed by atoms with E-state index in [1.54, 1.807) is 0 Å². The highest BCUT2D eigenvalue weighted by Gasteiger charge is 2.41. The third kappa shape index (κ3) is 2.24. The molecule has 0 saturated heterocycles. The van der Waals surface area contributed by atoms with Gasteiger partial charge < -0.3 is 5.32 Å². The lowest BCUT2D eigenvalue weighted by Gasteiger charge is -2.19. The van der Waals surface area contributed by atoms with Gasteiger partial charge in [-0.15, -0.1) is 0 Å². The molecule has 1 aromatic carbocycles. The fraction of sp³-hybridized carbons (Fsp3) is 0.467. The van der Waals surface area contributed by atoms with Crippen molar-refractivity contribution >= 4 is 11.6 Å². The number of carbonyl (C=O) groups excluding carboxylic acids is 1. The van der Waals surface area contributed by atoms with Crippen LogP contribution in [0, 0.1) is 30.6 Å². The quantitative estimate of drug-likeness (QED) is 0.864. The molecule has 94 valence electrons. The van der Waals surface area contributed by atoms with Crippen molar-refractivity contribution in [2.45, 2.75) is 39.5 Å². The first-order valence-electron chi connectivity index (χ1n) is 6.37. The van der Waals surface area contributed by atoms with E-state index in [4.69, 9.17) is 0 Å². The van der Waals surface area contributed by atoms with Crippen molar-refractivity contribution in [1.82, 2.24) is 0 Å². The lowest BCUT2D eigenvalue weighted by atomic mass is 9.87. The first-order valence-corrected chi connectivity index (χ1v) is 6.37. The zero-order valence-corrected chi connectivity index (χ0v) is 10.9. The Morgan fingerprint density at radius 1 is 1.28 bits per heavy atom. The minimum atomic E-state index is -0.807. The normalized spacial score (nSPS) is 17.2. The summed E-state index contributed by atoms with van der Waals surface area (Å²) in [4.78, 5) is 12.2. The molecule has 0 aliphatic heterocycles. The topological polar surface area (TPSA) is 52.9 Å². The van der Waals surface area contributed by atoms with E-state index >= 15 is 0 Å². The molecule has 0 aromatic heterocycles. The molecule has 1 amide bonds. The van der Waals surface area contributed by atoms with Crippen LogP contribution in [0.5, 0.6) is 0 Å². The minimum Gasteiger partial charge on any atom is -0.325 e.